The molecular formula is C14H23N3O. The average molecular weight is 249 g/mol. The van der Waals surface area contributed by atoms with Crippen LogP contribution in [-0.2, 0) is 6.42 Å². The predicted octanol–water partition coefficient (Wildman–Crippen LogP) is 2.09. The van der Waals surface area contributed by atoms with Gasteiger partial charge in [0, 0.05) is 18.8 Å². The van der Waals surface area contributed by atoms with Crippen LogP contribution in [0.5, 0.6) is 0 Å². The molecule has 1 aromatic rings. The highest BCUT2D eigenvalue weighted by molar-refractivity contribution is 5.40. The van der Waals surface area contributed by atoms with Crippen molar-refractivity contribution < 1.29 is 5.11 Å². The molecule has 2 unspecified atom stereocenters. The Hall–Kier alpha value is -1.16. The van der Waals surface area contributed by atoms with Gasteiger partial charge in [0.05, 0.1) is 12.1 Å². The first-order valence-electron chi connectivity index (χ1n) is 6.87. The summed E-state index contributed by atoms with van der Waals surface area (Å²) in [5, 5.41) is 10.1. The summed E-state index contributed by atoms with van der Waals surface area (Å²) in [6.07, 6.45) is 4.95. The lowest BCUT2D eigenvalue weighted by Crippen LogP contribution is -2.44. The highest BCUT2D eigenvalue weighted by Crippen LogP contribution is 2.25. The Bertz CT molecular complexity index is 408. The molecule has 1 saturated carbocycles. The topological polar surface area (TPSA) is 49.2 Å². The van der Waals surface area contributed by atoms with Crippen LogP contribution in [0.15, 0.2) is 6.07 Å². The molecule has 0 amide bonds. The van der Waals surface area contributed by atoms with E-state index in [0.29, 0.717) is 0 Å². The van der Waals surface area contributed by atoms with Crippen molar-refractivity contribution in [1.82, 2.24) is 9.97 Å². The van der Waals surface area contributed by atoms with Crippen molar-refractivity contribution in [2.75, 3.05) is 11.9 Å². The minimum absolute atomic E-state index is 0.192. The summed E-state index contributed by atoms with van der Waals surface area (Å²) in [6.45, 7) is 4.02. The molecule has 1 aliphatic carbocycles. The zero-order valence-electron chi connectivity index (χ0n) is 11.6. The first kappa shape index (κ1) is 13.3. The molecule has 1 aliphatic rings. The van der Waals surface area contributed by atoms with E-state index < -0.39 is 0 Å². The summed E-state index contributed by atoms with van der Waals surface area (Å²) in [7, 11) is 2.03. The highest BCUT2D eigenvalue weighted by Gasteiger charge is 2.27. The van der Waals surface area contributed by atoms with Gasteiger partial charge in [0.2, 0.25) is 0 Å². The van der Waals surface area contributed by atoms with Crippen LogP contribution in [0, 0.1) is 6.92 Å². The first-order chi connectivity index (χ1) is 8.61. The van der Waals surface area contributed by atoms with Crippen molar-refractivity contribution in [2.24, 2.45) is 0 Å². The molecule has 2 atom stereocenters. The second kappa shape index (κ2) is 5.65. The Morgan fingerprint density at radius 1 is 1.33 bits per heavy atom. The Kier molecular flexibility index (Phi) is 4.17. The molecule has 100 valence electrons. The van der Waals surface area contributed by atoms with E-state index >= 15 is 0 Å². The molecule has 1 N–H and O–H groups in total. The summed E-state index contributed by atoms with van der Waals surface area (Å²) in [5.41, 5.74) is 1.06. The van der Waals surface area contributed by atoms with Crippen LogP contribution in [0.1, 0.15) is 44.1 Å². The van der Waals surface area contributed by atoms with Crippen molar-refractivity contribution in [3.8, 4) is 0 Å². The van der Waals surface area contributed by atoms with Gasteiger partial charge in [-0.1, -0.05) is 19.8 Å². The molecule has 0 radical (unpaired) electrons. The maximum atomic E-state index is 10.1. The zero-order valence-corrected chi connectivity index (χ0v) is 11.6. The number of hydrogen-bond acceptors (Lipinski definition) is 4. The second-order valence-corrected chi connectivity index (χ2v) is 5.15. The number of hydrogen-bond donors (Lipinski definition) is 1. The molecule has 0 aliphatic heterocycles. The molecule has 4 heteroatoms. The van der Waals surface area contributed by atoms with Gasteiger partial charge in [-0.3, -0.25) is 0 Å². The van der Waals surface area contributed by atoms with Crippen LogP contribution < -0.4 is 4.90 Å². The van der Waals surface area contributed by atoms with E-state index in [0.717, 1.165) is 43.0 Å². The molecule has 1 aromatic heterocycles. The van der Waals surface area contributed by atoms with Crippen LogP contribution in [0.4, 0.5) is 5.82 Å². The van der Waals surface area contributed by atoms with Gasteiger partial charge in [0.1, 0.15) is 11.6 Å². The maximum Gasteiger partial charge on any atom is 0.132 e. The lowest BCUT2D eigenvalue weighted by molar-refractivity contribution is 0.106. The third-order valence-electron chi connectivity index (χ3n) is 3.79. The monoisotopic (exact) mass is 249 g/mol. The molecule has 0 bridgehead atoms. The summed E-state index contributed by atoms with van der Waals surface area (Å²) in [4.78, 5) is 11.0. The standard InChI is InChI=1S/C14H23N3O/c1-4-11-9-14(16-10(2)15-11)17(3)12-7-5-6-8-13(12)18/h9,12-13,18H,4-8H2,1-3H3. The molecule has 2 rings (SSSR count). The van der Waals surface area contributed by atoms with E-state index in [1.807, 2.05) is 20.0 Å². The minimum atomic E-state index is -0.232. The van der Waals surface area contributed by atoms with Crippen molar-refractivity contribution in [3.63, 3.8) is 0 Å². The van der Waals surface area contributed by atoms with Crippen LogP contribution in [0.2, 0.25) is 0 Å². The predicted molar refractivity (Wildman–Crippen MR) is 72.8 cm³/mol. The highest BCUT2D eigenvalue weighted by atomic mass is 16.3. The number of anilines is 1. The molecule has 1 heterocycles. The number of aliphatic hydroxyl groups excluding tert-OH is 1. The van der Waals surface area contributed by atoms with E-state index in [-0.39, 0.29) is 12.1 Å². The van der Waals surface area contributed by atoms with Gasteiger partial charge in [0.15, 0.2) is 0 Å². The normalized spacial score (nSPS) is 24.0. The Balaban J connectivity index is 2.21. The van der Waals surface area contributed by atoms with Gasteiger partial charge in [-0.2, -0.15) is 0 Å². The number of aliphatic hydroxyl groups is 1. The van der Waals surface area contributed by atoms with Crippen LogP contribution in [-0.4, -0.2) is 34.3 Å². The van der Waals surface area contributed by atoms with Crippen molar-refractivity contribution >= 4 is 5.82 Å². The molecule has 4 nitrogen and oxygen atoms in total. The van der Waals surface area contributed by atoms with Crippen molar-refractivity contribution in [2.45, 2.75) is 58.1 Å². The van der Waals surface area contributed by atoms with E-state index in [2.05, 4.69) is 21.8 Å². The van der Waals surface area contributed by atoms with Gasteiger partial charge in [0.25, 0.3) is 0 Å². The summed E-state index contributed by atoms with van der Waals surface area (Å²) >= 11 is 0. The van der Waals surface area contributed by atoms with Crippen molar-refractivity contribution in [3.05, 3.63) is 17.6 Å². The average Bonchev–Trinajstić information content (AvgIpc) is 2.37. The number of likely N-dealkylation sites (N-methyl/N-ethyl adjacent to an activating group) is 1. The van der Waals surface area contributed by atoms with Crippen molar-refractivity contribution in [1.29, 1.82) is 0 Å². The van der Waals surface area contributed by atoms with Gasteiger partial charge in [-0.05, 0) is 26.2 Å². The van der Waals surface area contributed by atoms with E-state index in [1.165, 1.54) is 6.42 Å². The fourth-order valence-corrected chi connectivity index (χ4v) is 2.69. The number of nitrogens with zero attached hydrogens (tertiary/aromatic N) is 3. The minimum Gasteiger partial charge on any atom is -0.391 e. The molecule has 0 aromatic carbocycles. The van der Waals surface area contributed by atoms with E-state index in [1.54, 1.807) is 0 Å². The quantitative estimate of drug-likeness (QED) is 0.891. The third kappa shape index (κ3) is 2.80. The van der Waals surface area contributed by atoms with E-state index in [4.69, 9.17) is 0 Å². The van der Waals surface area contributed by atoms with Crippen LogP contribution in [0.3, 0.4) is 0 Å². The summed E-state index contributed by atoms with van der Waals surface area (Å²) in [5.74, 6) is 1.74. The largest absolute Gasteiger partial charge is 0.391 e. The number of rotatable bonds is 3. The molecule has 18 heavy (non-hydrogen) atoms. The Labute approximate surface area is 109 Å². The Morgan fingerprint density at radius 2 is 2.06 bits per heavy atom. The van der Waals surface area contributed by atoms with Gasteiger partial charge in [-0.15, -0.1) is 0 Å². The van der Waals surface area contributed by atoms with Crippen LogP contribution in [0.25, 0.3) is 0 Å². The molecule has 1 fully saturated rings. The third-order valence-corrected chi connectivity index (χ3v) is 3.79. The fourth-order valence-electron chi connectivity index (χ4n) is 2.69. The Morgan fingerprint density at radius 3 is 2.72 bits per heavy atom. The number of aryl methyl sites for hydroxylation is 2. The van der Waals surface area contributed by atoms with Gasteiger partial charge in [-0.25, -0.2) is 9.97 Å². The van der Waals surface area contributed by atoms with Crippen LogP contribution >= 0.6 is 0 Å². The summed E-state index contributed by atoms with van der Waals surface area (Å²) in [6, 6.07) is 2.23. The summed E-state index contributed by atoms with van der Waals surface area (Å²) < 4.78 is 0. The maximum absolute atomic E-state index is 10.1. The second-order valence-electron chi connectivity index (χ2n) is 5.15. The first-order valence-corrected chi connectivity index (χ1v) is 6.87. The molecule has 0 spiro atoms. The fraction of sp³-hybridized carbons (Fsp3) is 0.714. The molecule has 0 saturated heterocycles. The van der Waals surface area contributed by atoms with Gasteiger partial charge < -0.3 is 10.0 Å². The lowest BCUT2D eigenvalue weighted by atomic mass is 9.91. The zero-order chi connectivity index (χ0) is 13.1. The smallest absolute Gasteiger partial charge is 0.132 e. The van der Waals surface area contributed by atoms with E-state index in [9.17, 15) is 5.11 Å². The van der Waals surface area contributed by atoms with Gasteiger partial charge >= 0.3 is 0 Å². The number of aromatic nitrogens is 2. The lowest BCUT2D eigenvalue weighted by Gasteiger charge is -2.36. The molecular weight excluding hydrogens is 226 g/mol. The SMILES string of the molecule is CCc1cc(N(C)C2CCCCC2O)nc(C)n1.